The Hall–Kier alpha value is 0.480. The maximum atomic E-state index is 2.32. The van der Waals surface area contributed by atoms with E-state index in [1.165, 1.54) is 13.8 Å². The van der Waals surface area contributed by atoms with Crippen LogP contribution in [0.2, 0.25) is 12.1 Å². The van der Waals surface area contributed by atoms with Crippen LogP contribution in [-0.2, 0) is 0 Å². The second kappa shape index (κ2) is 3.93. The minimum absolute atomic E-state index is 0.466. The topological polar surface area (TPSA) is 0 Å². The van der Waals surface area contributed by atoms with Crippen LogP contribution in [0.3, 0.4) is 0 Å². The lowest BCUT2D eigenvalue weighted by Gasteiger charge is -2.26. The van der Waals surface area contributed by atoms with Crippen molar-refractivity contribution in [2.75, 3.05) is 0 Å². The Morgan fingerprint density at radius 2 is 1.45 bits per heavy atom. The van der Waals surface area contributed by atoms with Gasteiger partial charge in [-0.3, -0.25) is 0 Å². The molecule has 0 aliphatic carbocycles. The molecular formula is C8H20B2S. The lowest BCUT2D eigenvalue weighted by Crippen LogP contribution is -2.24. The van der Waals surface area contributed by atoms with Crippen LogP contribution in [-0.4, -0.2) is 18.5 Å². The maximum Gasteiger partial charge on any atom is 0.196 e. The van der Waals surface area contributed by atoms with Gasteiger partial charge in [0.15, 0.2) is 6.56 Å². The molecule has 0 rings (SSSR count). The van der Waals surface area contributed by atoms with Gasteiger partial charge in [-0.2, -0.15) is 0 Å². The minimum Gasteiger partial charge on any atom is -0.217 e. The summed E-state index contributed by atoms with van der Waals surface area (Å²) in [6.07, 6.45) is 0. The molecular weight excluding hydrogens is 150 g/mol. The summed E-state index contributed by atoms with van der Waals surface area (Å²) in [6.45, 7) is 15.1. The summed E-state index contributed by atoms with van der Waals surface area (Å²) in [5, 5.41) is 0.469. The fourth-order valence-corrected chi connectivity index (χ4v) is 1.54. The molecule has 0 fully saturated rings. The molecule has 0 amide bonds. The van der Waals surface area contributed by atoms with Crippen LogP contribution in [0, 0.1) is 0 Å². The molecule has 0 radical (unpaired) electrons. The van der Waals surface area contributed by atoms with Crippen molar-refractivity contribution in [3.63, 3.8) is 0 Å². The van der Waals surface area contributed by atoms with Crippen LogP contribution in [0.4, 0.5) is 0 Å². The van der Waals surface area contributed by atoms with Crippen molar-refractivity contribution >= 4 is 25.5 Å². The second-order valence-corrected chi connectivity index (χ2v) is 6.65. The van der Waals surface area contributed by atoms with Gasteiger partial charge in [0.2, 0.25) is 0 Å². The molecule has 0 N–H and O–H groups in total. The normalized spacial score (nSPS) is 12.9. The van der Waals surface area contributed by atoms with Crippen LogP contribution in [0.25, 0.3) is 0 Å². The molecule has 0 aliphatic rings. The molecule has 0 bridgehead atoms. The lowest BCUT2D eigenvalue weighted by atomic mass is 9.68. The van der Waals surface area contributed by atoms with Crippen molar-refractivity contribution in [3.05, 3.63) is 0 Å². The zero-order chi connectivity index (χ0) is 9.12. The molecule has 0 unspecified atom stereocenters. The standard InChI is InChI=1S/C8H20B2S/c1-7(2,3)10-11-8(4,5)9-6/h9-10H,1-6H3. The average molecular weight is 170 g/mol. The van der Waals surface area contributed by atoms with Crippen molar-refractivity contribution < 1.29 is 0 Å². The number of rotatable bonds is 3. The summed E-state index contributed by atoms with van der Waals surface area (Å²) in [6, 6.07) is 0. The molecule has 0 heterocycles. The van der Waals surface area contributed by atoms with Crippen molar-refractivity contribution in [1.29, 1.82) is 0 Å². The van der Waals surface area contributed by atoms with Crippen LogP contribution < -0.4 is 0 Å². The molecule has 3 heteroatoms. The largest absolute Gasteiger partial charge is 0.217 e. The predicted octanol–water partition coefficient (Wildman–Crippen LogP) is 2.51. The Balaban J connectivity index is 3.70. The molecule has 0 saturated carbocycles. The van der Waals surface area contributed by atoms with E-state index in [1.54, 1.807) is 0 Å². The van der Waals surface area contributed by atoms with Gasteiger partial charge in [-0.25, -0.2) is 11.6 Å². The van der Waals surface area contributed by atoms with Crippen molar-refractivity contribution in [2.45, 2.75) is 51.4 Å². The first-order valence-electron chi connectivity index (χ1n) is 4.41. The summed E-state index contributed by atoms with van der Waals surface area (Å²) in [4.78, 5) is 0. The molecule has 0 spiro atoms. The quantitative estimate of drug-likeness (QED) is 0.586. The van der Waals surface area contributed by atoms with Crippen molar-refractivity contribution in [3.8, 4) is 0 Å². The van der Waals surface area contributed by atoms with Crippen LogP contribution in [0.15, 0.2) is 0 Å². The Morgan fingerprint density at radius 1 is 1.00 bits per heavy atom. The molecule has 0 aromatic carbocycles. The Kier molecular flexibility index (Phi) is 4.10. The van der Waals surface area contributed by atoms with Crippen molar-refractivity contribution in [2.24, 2.45) is 0 Å². The van der Waals surface area contributed by atoms with E-state index in [0.717, 1.165) is 0 Å². The monoisotopic (exact) mass is 170 g/mol. The zero-order valence-electron chi connectivity index (χ0n) is 8.82. The molecule has 0 saturated heterocycles. The van der Waals surface area contributed by atoms with Gasteiger partial charge in [0.05, 0.1) is 0 Å². The van der Waals surface area contributed by atoms with Crippen molar-refractivity contribution in [1.82, 2.24) is 0 Å². The molecule has 0 aliphatic heterocycles. The van der Waals surface area contributed by atoms with Gasteiger partial charge in [0.25, 0.3) is 0 Å². The third-order valence-electron chi connectivity index (χ3n) is 1.75. The highest BCUT2D eigenvalue weighted by molar-refractivity contribution is 8.24. The summed E-state index contributed by atoms with van der Waals surface area (Å²) < 4.78 is 0.466. The number of hydrogen-bond acceptors (Lipinski definition) is 1. The van der Waals surface area contributed by atoms with Crippen LogP contribution >= 0.6 is 11.6 Å². The molecule has 0 nitrogen and oxygen atoms in total. The molecule has 0 atom stereocenters. The molecule has 64 valence electrons. The third kappa shape index (κ3) is 6.86. The molecule has 0 aromatic heterocycles. The number of hydrogen-bond donors (Lipinski definition) is 0. The van der Waals surface area contributed by atoms with E-state index in [-0.39, 0.29) is 0 Å². The second-order valence-electron chi connectivity index (χ2n) is 4.96. The maximum absolute atomic E-state index is 2.32. The summed E-state index contributed by atoms with van der Waals surface area (Å²) in [5.41, 5.74) is 0. The summed E-state index contributed by atoms with van der Waals surface area (Å²) >= 11 is 2.09. The Morgan fingerprint density at radius 3 is 1.73 bits per heavy atom. The third-order valence-corrected chi connectivity index (χ3v) is 3.83. The van der Waals surface area contributed by atoms with E-state index < -0.39 is 0 Å². The van der Waals surface area contributed by atoms with Gasteiger partial charge >= 0.3 is 0 Å². The molecule has 0 aromatic rings. The first kappa shape index (κ1) is 11.5. The fourth-order valence-electron chi connectivity index (χ4n) is 0.514. The zero-order valence-corrected chi connectivity index (χ0v) is 9.64. The highest BCUT2D eigenvalue weighted by Crippen LogP contribution is 2.31. The predicted molar refractivity (Wildman–Crippen MR) is 61.5 cm³/mol. The van der Waals surface area contributed by atoms with E-state index in [0.29, 0.717) is 9.96 Å². The first-order valence-corrected chi connectivity index (χ1v) is 5.39. The van der Waals surface area contributed by atoms with Gasteiger partial charge in [-0.15, -0.1) is 0 Å². The van der Waals surface area contributed by atoms with Gasteiger partial charge in [0, 0.05) is 0 Å². The highest BCUT2D eigenvalue weighted by atomic mass is 32.2. The van der Waals surface area contributed by atoms with Gasteiger partial charge in [0.1, 0.15) is 7.28 Å². The van der Waals surface area contributed by atoms with Gasteiger partial charge < -0.3 is 0 Å². The Bertz CT molecular complexity index is 116. The van der Waals surface area contributed by atoms with E-state index in [1.807, 2.05) is 0 Å². The summed E-state index contributed by atoms with van der Waals surface area (Å²) in [7, 11) is 1.26. The lowest BCUT2D eigenvalue weighted by molar-refractivity contribution is 0.763. The van der Waals surface area contributed by atoms with E-state index >= 15 is 0 Å². The van der Waals surface area contributed by atoms with Gasteiger partial charge in [-0.1, -0.05) is 46.8 Å². The SMILES string of the molecule is CBC(C)(C)SBC(C)(C)C. The smallest absolute Gasteiger partial charge is 0.196 e. The highest BCUT2D eigenvalue weighted by Gasteiger charge is 2.21. The van der Waals surface area contributed by atoms with Crippen LogP contribution in [0.1, 0.15) is 34.6 Å². The van der Waals surface area contributed by atoms with Gasteiger partial charge in [-0.05, 0) is 4.65 Å². The van der Waals surface area contributed by atoms with Crippen LogP contribution in [0.5, 0.6) is 0 Å². The fraction of sp³-hybridized carbons (Fsp3) is 1.00. The Labute approximate surface area is 77.3 Å². The van der Waals surface area contributed by atoms with E-state index in [4.69, 9.17) is 0 Å². The minimum atomic E-state index is 0.466. The molecule has 11 heavy (non-hydrogen) atoms. The average Bonchev–Trinajstić information content (AvgIpc) is 1.83. The summed E-state index contributed by atoms with van der Waals surface area (Å²) in [5.74, 6) is 0. The van der Waals surface area contributed by atoms with E-state index in [2.05, 4.69) is 53.1 Å². The first-order chi connectivity index (χ1) is 4.77. The van der Waals surface area contributed by atoms with E-state index in [9.17, 15) is 0 Å².